The van der Waals surface area contributed by atoms with Crippen molar-refractivity contribution in [2.24, 2.45) is 0 Å². The number of nitrogens with one attached hydrogen (secondary N) is 1. The van der Waals surface area contributed by atoms with E-state index in [9.17, 15) is 9.90 Å². The summed E-state index contributed by atoms with van der Waals surface area (Å²) >= 11 is 0. The average molecular weight is 230 g/mol. The van der Waals surface area contributed by atoms with Crippen molar-refractivity contribution in [2.45, 2.75) is 45.1 Å². The standard InChI is InChI=1S/C12H26N2O2/c1-5-6-7-8-11(15)13-9-12(2,16)10-14(3)4/h16H,5-10H2,1-4H3,(H,13,15). The molecule has 16 heavy (non-hydrogen) atoms. The maximum atomic E-state index is 11.4. The molecule has 0 aliphatic carbocycles. The van der Waals surface area contributed by atoms with Gasteiger partial charge in [-0.2, -0.15) is 0 Å². The van der Waals surface area contributed by atoms with Crippen molar-refractivity contribution in [2.75, 3.05) is 27.2 Å². The monoisotopic (exact) mass is 230 g/mol. The molecule has 0 heterocycles. The van der Waals surface area contributed by atoms with Crippen LogP contribution in [0, 0.1) is 0 Å². The van der Waals surface area contributed by atoms with Crippen LogP contribution < -0.4 is 5.32 Å². The highest BCUT2D eigenvalue weighted by atomic mass is 16.3. The highest BCUT2D eigenvalue weighted by molar-refractivity contribution is 5.75. The Morgan fingerprint density at radius 3 is 2.50 bits per heavy atom. The number of aliphatic hydroxyl groups is 1. The molecule has 2 N–H and O–H groups in total. The van der Waals surface area contributed by atoms with E-state index >= 15 is 0 Å². The molecular formula is C12H26N2O2. The lowest BCUT2D eigenvalue weighted by molar-refractivity contribution is -0.122. The van der Waals surface area contributed by atoms with Crippen molar-refractivity contribution >= 4 is 5.91 Å². The van der Waals surface area contributed by atoms with Crippen LogP contribution in [-0.2, 0) is 4.79 Å². The predicted octanol–water partition coefficient (Wildman–Crippen LogP) is 0.995. The minimum atomic E-state index is -0.857. The van der Waals surface area contributed by atoms with E-state index in [-0.39, 0.29) is 5.91 Å². The normalized spacial score (nSPS) is 14.9. The van der Waals surface area contributed by atoms with Crippen LogP contribution in [-0.4, -0.2) is 48.7 Å². The summed E-state index contributed by atoms with van der Waals surface area (Å²) in [5, 5.41) is 12.7. The van der Waals surface area contributed by atoms with Crippen LogP contribution in [0.1, 0.15) is 39.5 Å². The largest absolute Gasteiger partial charge is 0.387 e. The first-order valence-corrected chi connectivity index (χ1v) is 6.01. The van der Waals surface area contributed by atoms with E-state index in [0.717, 1.165) is 19.3 Å². The first-order chi connectivity index (χ1) is 7.37. The molecule has 1 unspecified atom stereocenters. The van der Waals surface area contributed by atoms with Gasteiger partial charge >= 0.3 is 0 Å². The molecule has 0 spiro atoms. The van der Waals surface area contributed by atoms with Gasteiger partial charge in [0, 0.05) is 19.5 Å². The number of hydrogen-bond donors (Lipinski definition) is 2. The van der Waals surface area contributed by atoms with Gasteiger partial charge in [-0.25, -0.2) is 0 Å². The van der Waals surface area contributed by atoms with Gasteiger partial charge in [-0.1, -0.05) is 19.8 Å². The van der Waals surface area contributed by atoms with E-state index in [1.807, 2.05) is 19.0 Å². The summed E-state index contributed by atoms with van der Waals surface area (Å²) in [6, 6.07) is 0. The van der Waals surface area contributed by atoms with E-state index in [2.05, 4.69) is 12.2 Å². The number of hydrogen-bond acceptors (Lipinski definition) is 3. The van der Waals surface area contributed by atoms with Gasteiger partial charge in [-0.05, 0) is 27.4 Å². The van der Waals surface area contributed by atoms with Crippen LogP contribution in [0.4, 0.5) is 0 Å². The van der Waals surface area contributed by atoms with E-state index in [4.69, 9.17) is 0 Å². The minimum Gasteiger partial charge on any atom is -0.387 e. The van der Waals surface area contributed by atoms with Gasteiger partial charge in [0.25, 0.3) is 0 Å². The molecule has 0 bridgehead atoms. The molecule has 0 rings (SSSR count). The fraction of sp³-hybridized carbons (Fsp3) is 0.917. The maximum absolute atomic E-state index is 11.4. The zero-order valence-corrected chi connectivity index (χ0v) is 11.0. The van der Waals surface area contributed by atoms with Crippen molar-refractivity contribution in [1.82, 2.24) is 10.2 Å². The molecule has 1 atom stereocenters. The SMILES string of the molecule is CCCCCC(=O)NCC(C)(O)CN(C)C. The highest BCUT2D eigenvalue weighted by Gasteiger charge is 2.21. The molecule has 0 aromatic heterocycles. The summed E-state index contributed by atoms with van der Waals surface area (Å²) in [5.74, 6) is 0.0347. The van der Waals surface area contributed by atoms with Crippen LogP contribution in [0.2, 0.25) is 0 Å². The van der Waals surface area contributed by atoms with Crippen molar-refractivity contribution in [1.29, 1.82) is 0 Å². The number of carbonyl (C=O) groups is 1. The lowest BCUT2D eigenvalue weighted by Crippen LogP contribution is -2.47. The van der Waals surface area contributed by atoms with Gasteiger partial charge in [0.05, 0.1) is 5.60 Å². The number of unbranched alkanes of at least 4 members (excludes halogenated alkanes) is 2. The third kappa shape index (κ3) is 8.68. The third-order valence-corrected chi connectivity index (χ3v) is 2.33. The number of rotatable bonds is 8. The summed E-state index contributed by atoms with van der Waals surface area (Å²) in [5.41, 5.74) is -0.857. The minimum absolute atomic E-state index is 0.0347. The summed E-state index contributed by atoms with van der Waals surface area (Å²) < 4.78 is 0. The molecule has 1 amide bonds. The number of nitrogens with zero attached hydrogens (tertiary/aromatic N) is 1. The second kappa shape index (κ2) is 7.63. The zero-order chi connectivity index (χ0) is 12.6. The predicted molar refractivity (Wildman–Crippen MR) is 66.3 cm³/mol. The lowest BCUT2D eigenvalue weighted by atomic mass is 10.1. The van der Waals surface area contributed by atoms with Gasteiger partial charge in [0.15, 0.2) is 0 Å². The average Bonchev–Trinajstić information content (AvgIpc) is 2.13. The number of amides is 1. The number of likely N-dealkylation sites (N-methyl/N-ethyl adjacent to an activating group) is 1. The van der Waals surface area contributed by atoms with Crippen LogP contribution in [0.15, 0.2) is 0 Å². The van der Waals surface area contributed by atoms with Crippen molar-refractivity contribution in [3.05, 3.63) is 0 Å². The maximum Gasteiger partial charge on any atom is 0.220 e. The molecule has 0 aromatic rings. The molecule has 4 heteroatoms. The van der Waals surface area contributed by atoms with Crippen LogP contribution >= 0.6 is 0 Å². The first-order valence-electron chi connectivity index (χ1n) is 6.01. The number of carbonyl (C=O) groups excluding carboxylic acids is 1. The van der Waals surface area contributed by atoms with Crippen LogP contribution in [0.25, 0.3) is 0 Å². The first kappa shape index (κ1) is 15.4. The zero-order valence-electron chi connectivity index (χ0n) is 11.0. The Morgan fingerprint density at radius 1 is 1.38 bits per heavy atom. The molecule has 0 radical (unpaired) electrons. The van der Waals surface area contributed by atoms with Gasteiger partial charge in [-0.15, -0.1) is 0 Å². The van der Waals surface area contributed by atoms with Crippen molar-refractivity contribution in [3.8, 4) is 0 Å². The molecule has 0 saturated carbocycles. The second-order valence-electron chi connectivity index (χ2n) is 4.97. The Hall–Kier alpha value is -0.610. The fourth-order valence-electron chi connectivity index (χ4n) is 1.65. The quantitative estimate of drug-likeness (QED) is 0.612. The molecule has 0 saturated heterocycles. The Morgan fingerprint density at radius 2 is 2.00 bits per heavy atom. The Labute approximate surface area is 99.0 Å². The van der Waals surface area contributed by atoms with E-state index in [1.54, 1.807) is 6.92 Å². The van der Waals surface area contributed by atoms with Crippen molar-refractivity contribution < 1.29 is 9.90 Å². The van der Waals surface area contributed by atoms with Crippen molar-refractivity contribution in [3.63, 3.8) is 0 Å². The Balaban J connectivity index is 3.72. The smallest absolute Gasteiger partial charge is 0.220 e. The van der Waals surface area contributed by atoms with Crippen LogP contribution in [0.5, 0.6) is 0 Å². The van der Waals surface area contributed by atoms with Gasteiger partial charge in [0.2, 0.25) is 5.91 Å². The van der Waals surface area contributed by atoms with E-state index in [0.29, 0.717) is 19.5 Å². The Bertz CT molecular complexity index is 203. The molecule has 0 aliphatic rings. The Kier molecular flexibility index (Phi) is 7.34. The highest BCUT2D eigenvalue weighted by Crippen LogP contribution is 2.03. The second-order valence-corrected chi connectivity index (χ2v) is 4.97. The molecule has 4 nitrogen and oxygen atoms in total. The van der Waals surface area contributed by atoms with Gasteiger partial charge in [0.1, 0.15) is 0 Å². The summed E-state index contributed by atoms with van der Waals surface area (Å²) in [7, 11) is 3.80. The van der Waals surface area contributed by atoms with Gasteiger partial charge < -0.3 is 15.3 Å². The summed E-state index contributed by atoms with van der Waals surface area (Å²) in [4.78, 5) is 13.3. The fourth-order valence-corrected chi connectivity index (χ4v) is 1.65. The molecular weight excluding hydrogens is 204 g/mol. The van der Waals surface area contributed by atoms with Gasteiger partial charge in [-0.3, -0.25) is 4.79 Å². The molecule has 96 valence electrons. The molecule has 0 aliphatic heterocycles. The van der Waals surface area contributed by atoms with E-state index in [1.165, 1.54) is 0 Å². The topological polar surface area (TPSA) is 52.6 Å². The lowest BCUT2D eigenvalue weighted by Gasteiger charge is -2.27. The van der Waals surface area contributed by atoms with E-state index < -0.39 is 5.60 Å². The summed E-state index contributed by atoms with van der Waals surface area (Å²) in [6.07, 6.45) is 3.69. The van der Waals surface area contributed by atoms with Crippen LogP contribution in [0.3, 0.4) is 0 Å². The molecule has 0 aromatic carbocycles. The molecule has 0 fully saturated rings. The summed E-state index contributed by atoms with van der Waals surface area (Å²) in [6.45, 7) is 4.71. The third-order valence-electron chi connectivity index (χ3n) is 2.33.